The van der Waals surface area contributed by atoms with E-state index in [1.165, 1.54) is 24.1 Å². The Bertz CT molecular complexity index is 1110. The highest BCUT2D eigenvalue weighted by atomic mass is 35.5. The predicted molar refractivity (Wildman–Crippen MR) is 113 cm³/mol. The first-order chi connectivity index (χ1) is 13.9. The standard InChI is InChI=1S/C22H19Cl2NO4/c1-12(22(27)25-19-10-16(23)5-6-18(19)24)29-21(26)9-15-11-28-20-8-14-4-2-3-13(14)7-17(15)20/h5-8,10-12H,2-4,9H2,1H3,(H,25,27)/t12-/m1/s1. The van der Waals surface area contributed by atoms with Crippen molar-refractivity contribution in [3.63, 3.8) is 0 Å². The topological polar surface area (TPSA) is 68.5 Å². The summed E-state index contributed by atoms with van der Waals surface area (Å²) in [5.74, 6) is -0.995. The van der Waals surface area contributed by atoms with Crippen molar-refractivity contribution in [2.75, 3.05) is 5.32 Å². The lowest BCUT2D eigenvalue weighted by molar-refractivity contribution is -0.152. The molecule has 1 atom stereocenters. The van der Waals surface area contributed by atoms with Gasteiger partial charge in [-0.05, 0) is 67.6 Å². The molecule has 0 fully saturated rings. The van der Waals surface area contributed by atoms with E-state index in [-0.39, 0.29) is 6.42 Å². The Kier molecular flexibility index (Phi) is 5.52. The number of carbonyl (C=O) groups excluding carboxylic acids is 2. The van der Waals surface area contributed by atoms with Gasteiger partial charge in [-0.1, -0.05) is 23.2 Å². The molecule has 7 heteroatoms. The van der Waals surface area contributed by atoms with Gasteiger partial charge in [0.25, 0.3) is 5.91 Å². The van der Waals surface area contributed by atoms with Crippen molar-refractivity contribution >= 4 is 51.7 Å². The van der Waals surface area contributed by atoms with Gasteiger partial charge in [0.2, 0.25) is 0 Å². The second kappa shape index (κ2) is 8.09. The van der Waals surface area contributed by atoms with Crippen LogP contribution in [0.15, 0.2) is 41.0 Å². The molecule has 0 bridgehead atoms. The summed E-state index contributed by atoms with van der Waals surface area (Å²) in [5.41, 5.74) is 4.51. The minimum absolute atomic E-state index is 0.0291. The first-order valence-corrected chi connectivity index (χ1v) is 10.1. The van der Waals surface area contributed by atoms with Gasteiger partial charge in [-0.3, -0.25) is 9.59 Å². The maximum Gasteiger partial charge on any atom is 0.311 e. The van der Waals surface area contributed by atoms with Crippen molar-refractivity contribution in [1.29, 1.82) is 0 Å². The van der Waals surface area contributed by atoms with E-state index < -0.39 is 18.0 Å². The number of amides is 1. The number of rotatable bonds is 5. The fourth-order valence-corrected chi connectivity index (χ4v) is 3.90. The van der Waals surface area contributed by atoms with Crippen molar-refractivity contribution in [2.45, 2.75) is 38.7 Å². The second-order valence-corrected chi connectivity index (χ2v) is 8.00. The van der Waals surface area contributed by atoms with Crippen LogP contribution in [0.4, 0.5) is 5.69 Å². The van der Waals surface area contributed by atoms with Crippen LogP contribution in [0.25, 0.3) is 11.0 Å². The molecule has 0 spiro atoms. The molecule has 1 aromatic heterocycles. The van der Waals surface area contributed by atoms with Gasteiger partial charge in [-0.25, -0.2) is 0 Å². The largest absolute Gasteiger partial charge is 0.464 e. The van der Waals surface area contributed by atoms with Crippen molar-refractivity contribution in [1.82, 2.24) is 0 Å². The van der Waals surface area contributed by atoms with Crippen LogP contribution < -0.4 is 5.32 Å². The number of fused-ring (bicyclic) bond motifs is 2. The second-order valence-electron chi connectivity index (χ2n) is 7.15. The molecule has 1 amide bonds. The number of carbonyl (C=O) groups is 2. The molecule has 5 nitrogen and oxygen atoms in total. The van der Waals surface area contributed by atoms with Crippen molar-refractivity contribution in [3.05, 3.63) is 63.3 Å². The summed E-state index contributed by atoms with van der Waals surface area (Å²) in [4.78, 5) is 24.7. The normalized spacial score (nSPS) is 13.9. The van der Waals surface area contributed by atoms with Crippen LogP contribution in [0, 0.1) is 0 Å². The molecule has 29 heavy (non-hydrogen) atoms. The molecule has 0 unspecified atom stereocenters. The third kappa shape index (κ3) is 4.26. The molecular formula is C22H19Cl2NO4. The molecule has 4 rings (SSSR count). The zero-order valence-corrected chi connectivity index (χ0v) is 17.3. The monoisotopic (exact) mass is 431 g/mol. The van der Waals surface area contributed by atoms with Crippen LogP contribution in [-0.2, 0) is 33.6 Å². The van der Waals surface area contributed by atoms with Gasteiger partial charge < -0.3 is 14.5 Å². The lowest BCUT2D eigenvalue weighted by Gasteiger charge is -2.14. The summed E-state index contributed by atoms with van der Waals surface area (Å²) < 4.78 is 10.9. The van der Waals surface area contributed by atoms with E-state index in [0.29, 0.717) is 15.7 Å². The number of hydrogen-bond donors (Lipinski definition) is 1. The summed E-state index contributed by atoms with van der Waals surface area (Å²) in [7, 11) is 0. The van der Waals surface area contributed by atoms with Crippen LogP contribution in [0.3, 0.4) is 0 Å². The van der Waals surface area contributed by atoms with Crippen molar-refractivity contribution in [3.8, 4) is 0 Å². The van der Waals surface area contributed by atoms with Crippen molar-refractivity contribution < 1.29 is 18.7 Å². The average molecular weight is 432 g/mol. The minimum atomic E-state index is -0.986. The number of furan rings is 1. The molecule has 150 valence electrons. The third-order valence-electron chi connectivity index (χ3n) is 5.07. The van der Waals surface area contributed by atoms with E-state index in [2.05, 4.69) is 17.4 Å². The number of aryl methyl sites for hydroxylation is 2. The summed E-state index contributed by atoms with van der Waals surface area (Å²) in [6.07, 6.45) is 3.87. The zero-order chi connectivity index (χ0) is 20.5. The van der Waals surface area contributed by atoms with Crippen LogP contribution in [0.5, 0.6) is 0 Å². The van der Waals surface area contributed by atoms with Gasteiger partial charge in [0.15, 0.2) is 6.10 Å². The Morgan fingerprint density at radius 1 is 1.17 bits per heavy atom. The highest BCUT2D eigenvalue weighted by Gasteiger charge is 2.21. The lowest BCUT2D eigenvalue weighted by atomic mass is 10.0. The lowest BCUT2D eigenvalue weighted by Crippen LogP contribution is -2.30. The zero-order valence-electron chi connectivity index (χ0n) is 15.8. The fourth-order valence-electron chi connectivity index (χ4n) is 3.56. The first-order valence-electron chi connectivity index (χ1n) is 9.38. The van der Waals surface area contributed by atoms with E-state index in [1.54, 1.807) is 18.4 Å². The molecule has 0 aliphatic heterocycles. The Morgan fingerprint density at radius 3 is 2.72 bits per heavy atom. The number of hydrogen-bond acceptors (Lipinski definition) is 4. The number of nitrogens with one attached hydrogen (secondary N) is 1. The van der Waals surface area contributed by atoms with Crippen LogP contribution in [-0.4, -0.2) is 18.0 Å². The van der Waals surface area contributed by atoms with E-state index in [0.717, 1.165) is 35.8 Å². The third-order valence-corrected chi connectivity index (χ3v) is 5.63. The van der Waals surface area contributed by atoms with Gasteiger partial charge in [-0.15, -0.1) is 0 Å². The Hall–Kier alpha value is -2.50. The molecular weight excluding hydrogens is 413 g/mol. The maximum absolute atomic E-state index is 12.4. The van der Waals surface area contributed by atoms with Gasteiger partial charge in [-0.2, -0.15) is 0 Å². The smallest absolute Gasteiger partial charge is 0.311 e. The highest BCUT2D eigenvalue weighted by Crippen LogP contribution is 2.31. The number of anilines is 1. The summed E-state index contributed by atoms with van der Waals surface area (Å²) in [5, 5.41) is 4.33. The first kappa shape index (κ1) is 19.8. The maximum atomic E-state index is 12.4. The number of ether oxygens (including phenoxy) is 1. The number of benzene rings is 2. The van der Waals surface area contributed by atoms with E-state index >= 15 is 0 Å². The average Bonchev–Trinajstić information content (AvgIpc) is 3.29. The number of halogens is 2. The molecule has 1 heterocycles. The summed E-state index contributed by atoms with van der Waals surface area (Å²) in [6.45, 7) is 1.51. The van der Waals surface area contributed by atoms with E-state index in [4.69, 9.17) is 32.4 Å². The quantitative estimate of drug-likeness (QED) is 0.553. The van der Waals surface area contributed by atoms with Gasteiger partial charge in [0.1, 0.15) is 5.58 Å². The Balaban J connectivity index is 1.41. The summed E-state index contributed by atoms with van der Waals surface area (Å²) >= 11 is 12.0. The van der Waals surface area contributed by atoms with E-state index in [1.807, 2.05) is 0 Å². The highest BCUT2D eigenvalue weighted by molar-refractivity contribution is 6.35. The Morgan fingerprint density at radius 2 is 1.93 bits per heavy atom. The van der Waals surface area contributed by atoms with E-state index in [9.17, 15) is 9.59 Å². The molecule has 1 aliphatic rings. The van der Waals surface area contributed by atoms with Crippen LogP contribution >= 0.6 is 23.2 Å². The fraction of sp³-hybridized carbons (Fsp3) is 0.273. The molecule has 2 aromatic carbocycles. The van der Waals surface area contributed by atoms with Gasteiger partial charge >= 0.3 is 5.97 Å². The van der Waals surface area contributed by atoms with Crippen LogP contribution in [0.1, 0.15) is 30.0 Å². The van der Waals surface area contributed by atoms with Gasteiger partial charge in [0, 0.05) is 16.0 Å². The summed E-state index contributed by atoms with van der Waals surface area (Å²) in [6, 6.07) is 8.88. The minimum Gasteiger partial charge on any atom is -0.464 e. The molecule has 3 aromatic rings. The molecule has 0 radical (unpaired) electrons. The van der Waals surface area contributed by atoms with Crippen molar-refractivity contribution in [2.24, 2.45) is 0 Å². The molecule has 1 N–H and O–H groups in total. The Labute approximate surface area is 177 Å². The molecule has 1 aliphatic carbocycles. The molecule has 0 saturated carbocycles. The van der Waals surface area contributed by atoms with Crippen LogP contribution in [0.2, 0.25) is 10.0 Å². The van der Waals surface area contributed by atoms with Gasteiger partial charge in [0.05, 0.1) is 23.4 Å². The molecule has 0 saturated heterocycles. The number of esters is 1. The SMILES string of the molecule is C[C@@H](OC(=O)Cc1coc2cc3c(cc12)CCC3)C(=O)Nc1cc(Cl)ccc1Cl. The predicted octanol–water partition coefficient (Wildman–Crippen LogP) is 5.34.